The first kappa shape index (κ1) is 13.7. The fraction of sp³-hybridized carbons (Fsp3) is 0.417. The van der Waals surface area contributed by atoms with Crippen LogP contribution in [0.5, 0.6) is 0 Å². The molecule has 1 rings (SSSR count). The van der Waals surface area contributed by atoms with E-state index in [1.807, 2.05) is 25.1 Å². The molecule has 0 saturated heterocycles. The van der Waals surface area contributed by atoms with Crippen molar-refractivity contribution >= 4 is 37.8 Å². The lowest BCUT2D eigenvalue weighted by Gasteiger charge is -2.10. The Morgan fingerprint density at radius 3 is 2.75 bits per heavy atom. The molecule has 16 heavy (non-hydrogen) atoms. The fourth-order valence-electron chi connectivity index (χ4n) is 1.16. The molecule has 4 heteroatoms. The van der Waals surface area contributed by atoms with Gasteiger partial charge >= 0.3 is 0 Å². The van der Waals surface area contributed by atoms with Crippen molar-refractivity contribution in [2.24, 2.45) is 5.92 Å². The molecule has 1 atom stereocenters. The smallest absolute Gasteiger partial charge is 0.251 e. The first-order chi connectivity index (χ1) is 7.54. The van der Waals surface area contributed by atoms with E-state index in [0.717, 1.165) is 15.4 Å². The minimum Gasteiger partial charge on any atom is -0.352 e. The molecule has 0 heterocycles. The number of benzene rings is 1. The summed E-state index contributed by atoms with van der Waals surface area (Å²) in [5.41, 5.74) is 1.82. The molecule has 0 aromatic heterocycles. The standard InChI is InChI=1S/C12H15Br2NO/c1-8(6-13)7-15-12(16)10-4-3-9(2)11(14)5-10/h3-5,8H,6-7H2,1-2H3,(H,15,16). The largest absolute Gasteiger partial charge is 0.352 e. The summed E-state index contributed by atoms with van der Waals surface area (Å²) in [4.78, 5) is 11.8. The first-order valence-electron chi connectivity index (χ1n) is 5.15. The van der Waals surface area contributed by atoms with E-state index in [-0.39, 0.29) is 5.91 Å². The quantitative estimate of drug-likeness (QED) is 0.829. The molecular weight excluding hydrogens is 334 g/mol. The fourth-order valence-corrected chi connectivity index (χ4v) is 1.77. The molecule has 88 valence electrons. The lowest BCUT2D eigenvalue weighted by molar-refractivity contribution is 0.0949. The molecular formula is C12H15Br2NO. The number of rotatable bonds is 4. The average Bonchev–Trinajstić information content (AvgIpc) is 2.29. The van der Waals surface area contributed by atoms with Gasteiger partial charge in [0.05, 0.1) is 0 Å². The third-order valence-corrected chi connectivity index (χ3v) is 4.27. The predicted molar refractivity (Wildman–Crippen MR) is 74.2 cm³/mol. The molecule has 0 radical (unpaired) electrons. The van der Waals surface area contributed by atoms with E-state index in [1.165, 1.54) is 0 Å². The Labute approximate surface area is 113 Å². The van der Waals surface area contributed by atoms with Gasteiger partial charge in [0, 0.05) is 21.9 Å². The van der Waals surface area contributed by atoms with Gasteiger partial charge in [0.2, 0.25) is 0 Å². The van der Waals surface area contributed by atoms with Crippen molar-refractivity contribution in [1.29, 1.82) is 0 Å². The van der Waals surface area contributed by atoms with Gasteiger partial charge in [0.1, 0.15) is 0 Å². The van der Waals surface area contributed by atoms with Gasteiger partial charge in [-0.15, -0.1) is 0 Å². The number of halogens is 2. The molecule has 1 aromatic rings. The molecule has 1 amide bonds. The highest BCUT2D eigenvalue weighted by molar-refractivity contribution is 9.10. The second kappa shape index (κ2) is 6.40. The molecule has 1 unspecified atom stereocenters. The molecule has 1 N–H and O–H groups in total. The average molecular weight is 349 g/mol. The van der Waals surface area contributed by atoms with Gasteiger partial charge in [-0.05, 0) is 30.5 Å². The maximum absolute atomic E-state index is 11.8. The summed E-state index contributed by atoms with van der Waals surface area (Å²) in [6, 6.07) is 5.63. The Bertz CT molecular complexity index is 379. The van der Waals surface area contributed by atoms with Crippen LogP contribution in [0, 0.1) is 12.8 Å². The van der Waals surface area contributed by atoms with E-state index < -0.39 is 0 Å². The second-order valence-electron chi connectivity index (χ2n) is 3.93. The van der Waals surface area contributed by atoms with Crippen molar-refractivity contribution in [3.05, 3.63) is 33.8 Å². The van der Waals surface area contributed by atoms with Crippen LogP contribution in [0.1, 0.15) is 22.8 Å². The third kappa shape index (κ3) is 3.91. The Balaban J connectivity index is 2.63. The van der Waals surface area contributed by atoms with Gasteiger partial charge in [-0.3, -0.25) is 4.79 Å². The summed E-state index contributed by atoms with van der Waals surface area (Å²) in [6.45, 7) is 4.77. The van der Waals surface area contributed by atoms with Gasteiger partial charge in [0.25, 0.3) is 5.91 Å². The van der Waals surface area contributed by atoms with Crippen LogP contribution in [-0.4, -0.2) is 17.8 Å². The number of nitrogens with one attached hydrogen (secondary N) is 1. The maximum atomic E-state index is 11.8. The molecule has 0 bridgehead atoms. The van der Waals surface area contributed by atoms with Crippen molar-refractivity contribution in [3.8, 4) is 0 Å². The second-order valence-corrected chi connectivity index (χ2v) is 5.44. The summed E-state index contributed by atoms with van der Waals surface area (Å²) in [7, 11) is 0. The number of hydrogen-bond donors (Lipinski definition) is 1. The van der Waals surface area contributed by atoms with Gasteiger partial charge in [-0.2, -0.15) is 0 Å². The number of aryl methyl sites for hydroxylation is 1. The zero-order valence-corrected chi connectivity index (χ0v) is 12.6. The number of alkyl halides is 1. The predicted octanol–water partition coefficient (Wildman–Crippen LogP) is 3.52. The Kier molecular flexibility index (Phi) is 5.49. The topological polar surface area (TPSA) is 29.1 Å². The molecule has 0 aliphatic rings. The van der Waals surface area contributed by atoms with Gasteiger partial charge in [-0.1, -0.05) is 44.8 Å². The number of hydrogen-bond acceptors (Lipinski definition) is 1. The summed E-state index contributed by atoms with van der Waals surface area (Å²) in [5, 5.41) is 3.80. The van der Waals surface area contributed by atoms with E-state index in [4.69, 9.17) is 0 Å². The lowest BCUT2D eigenvalue weighted by Crippen LogP contribution is -2.28. The van der Waals surface area contributed by atoms with E-state index in [0.29, 0.717) is 18.0 Å². The van der Waals surface area contributed by atoms with Crippen LogP contribution < -0.4 is 5.32 Å². The normalized spacial score (nSPS) is 12.2. The van der Waals surface area contributed by atoms with Gasteiger partial charge < -0.3 is 5.32 Å². The summed E-state index contributed by atoms with van der Waals surface area (Å²) >= 11 is 6.80. The molecule has 1 aromatic carbocycles. The van der Waals surface area contributed by atoms with E-state index in [2.05, 4.69) is 44.1 Å². The Morgan fingerprint density at radius 2 is 2.19 bits per heavy atom. The van der Waals surface area contributed by atoms with Crippen molar-refractivity contribution in [1.82, 2.24) is 5.32 Å². The Hall–Kier alpha value is -0.350. The van der Waals surface area contributed by atoms with Crippen LogP contribution >= 0.6 is 31.9 Å². The minimum atomic E-state index is -0.0199. The number of amides is 1. The van der Waals surface area contributed by atoms with E-state index in [1.54, 1.807) is 0 Å². The molecule has 2 nitrogen and oxygen atoms in total. The van der Waals surface area contributed by atoms with Crippen LogP contribution in [0.4, 0.5) is 0 Å². The maximum Gasteiger partial charge on any atom is 0.251 e. The van der Waals surface area contributed by atoms with E-state index >= 15 is 0 Å². The summed E-state index contributed by atoms with van der Waals surface area (Å²) in [6.07, 6.45) is 0. The third-order valence-electron chi connectivity index (χ3n) is 2.31. The highest BCUT2D eigenvalue weighted by Crippen LogP contribution is 2.17. The van der Waals surface area contributed by atoms with Gasteiger partial charge in [-0.25, -0.2) is 0 Å². The van der Waals surface area contributed by atoms with Crippen LogP contribution in [0.25, 0.3) is 0 Å². The van der Waals surface area contributed by atoms with Gasteiger partial charge in [0.15, 0.2) is 0 Å². The zero-order valence-electron chi connectivity index (χ0n) is 9.39. The minimum absolute atomic E-state index is 0.0199. The summed E-state index contributed by atoms with van der Waals surface area (Å²) < 4.78 is 0.966. The molecule has 0 aliphatic carbocycles. The van der Waals surface area contributed by atoms with Crippen molar-refractivity contribution in [3.63, 3.8) is 0 Å². The van der Waals surface area contributed by atoms with Crippen molar-refractivity contribution < 1.29 is 4.79 Å². The summed E-state index contributed by atoms with van der Waals surface area (Å²) in [5.74, 6) is 0.423. The Morgan fingerprint density at radius 1 is 1.50 bits per heavy atom. The monoisotopic (exact) mass is 347 g/mol. The zero-order chi connectivity index (χ0) is 12.1. The molecule has 0 saturated carbocycles. The molecule has 0 fully saturated rings. The number of carbonyl (C=O) groups excluding carboxylic acids is 1. The van der Waals surface area contributed by atoms with Crippen LogP contribution in [0.15, 0.2) is 22.7 Å². The molecule has 0 spiro atoms. The lowest BCUT2D eigenvalue weighted by atomic mass is 10.1. The van der Waals surface area contributed by atoms with Crippen molar-refractivity contribution in [2.75, 3.05) is 11.9 Å². The van der Waals surface area contributed by atoms with Crippen LogP contribution in [-0.2, 0) is 0 Å². The number of carbonyl (C=O) groups is 1. The van der Waals surface area contributed by atoms with Crippen molar-refractivity contribution in [2.45, 2.75) is 13.8 Å². The highest BCUT2D eigenvalue weighted by Gasteiger charge is 2.08. The SMILES string of the molecule is Cc1ccc(C(=O)NCC(C)CBr)cc1Br. The molecule has 0 aliphatic heterocycles. The highest BCUT2D eigenvalue weighted by atomic mass is 79.9. The van der Waals surface area contributed by atoms with Crippen LogP contribution in [0.3, 0.4) is 0 Å². The van der Waals surface area contributed by atoms with E-state index in [9.17, 15) is 4.79 Å². The van der Waals surface area contributed by atoms with Crippen LogP contribution in [0.2, 0.25) is 0 Å². The first-order valence-corrected chi connectivity index (χ1v) is 7.06.